The van der Waals surface area contributed by atoms with Gasteiger partial charge in [0.15, 0.2) is 6.10 Å². The van der Waals surface area contributed by atoms with Gasteiger partial charge in [-0.1, -0.05) is 316 Å². The van der Waals surface area contributed by atoms with E-state index < -0.39 is 26.5 Å². The molecule has 436 valence electrons. The molecule has 0 spiro atoms. The number of phosphoric ester groups is 1. The van der Waals surface area contributed by atoms with Crippen LogP contribution in [0.5, 0.6) is 0 Å². The molecule has 10 heteroatoms. The molecule has 0 rings (SSSR count). The highest BCUT2D eigenvalue weighted by molar-refractivity contribution is 7.45. The third-order valence-corrected chi connectivity index (χ3v) is 15.8. The molecule has 0 aromatic heterocycles. The van der Waals surface area contributed by atoms with Gasteiger partial charge in [0.2, 0.25) is 0 Å². The first-order chi connectivity index (χ1) is 35.5. The molecular weight excluding hydrogens is 930 g/mol. The van der Waals surface area contributed by atoms with Crippen molar-refractivity contribution in [3.63, 3.8) is 0 Å². The highest BCUT2D eigenvalue weighted by Gasteiger charge is 2.22. The molecule has 0 bridgehead atoms. The number of rotatable bonds is 61. The Morgan fingerprint density at radius 3 is 0.877 bits per heavy atom. The van der Waals surface area contributed by atoms with Gasteiger partial charge in [-0.15, -0.1) is 0 Å². The standard InChI is InChI=1S/C63H126NO8P/c1-6-8-10-12-14-16-18-20-22-24-26-27-28-29-30-31-32-33-34-35-36-37-38-40-42-44-46-48-50-52-54-56-63(66)72-61(60-71-73(67,68)70-58-57-64(3,4)5)59-69-62(65)55-53-51-49-47-45-43-41-39-25-23-21-19-17-15-13-11-9-7-2/h61H,6-60H2,1-5H3. The maximum atomic E-state index is 12.8. The molecule has 0 aliphatic rings. The zero-order valence-corrected chi connectivity index (χ0v) is 50.5. The zero-order valence-electron chi connectivity index (χ0n) is 49.6. The Labute approximate surface area is 454 Å². The lowest BCUT2D eigenvalue weighted by atomic mass is 10.0. The molecular formula is C63H126NO8P. The number of likely N-dealkylation sites (N-methyl/N-ethyl adjacent to an activating group) is 1. The lowest BCUT2D eigenvalue weighted by molar-refractivity contribution is -0.870. The van der Waals surface area contributed by atoms with E-state index in [2.05, 4.69) is 13.8 Å². The largest absolute Gasteiger partial charge is 0.756 e. The van der Waals surface area contributed by atoms with Crippen LogP contribution in [0.2, 0.25) is 0 Å². The molecule has 0 radical (unpaired) electrons. The van der Waals surface area contributed by atoms with E-state index in [-0.39, 0.29) is 32.0 Å². The van der Waals surface area contributed by atoms with E-state index in [1.807, 2.05) is 21.1 Å². The Morgan fingerprint density at radius 2 is 0.616 bits per heavy atom. The Balaban J connectivity index is 3.98. The molecule has 0 fully saturated rings. The number of quaternary nitrogens is 1. The first kappa shape index (κ1) is 72.0. The van der Waals surface area contributed by atoms with Gasteiger partial charge < -0.3 is 27.9 Å². The molecule has 0 heterocycles. The number of nitrogens with zero attached hydrogens (tertiary/aromatic N) is 1. The summed E-state index contributed by atoms with van der Waals surface area (Å²) in [6, 6.07) is 0. The molecule has 0 aromatic rings. The molecule has 0 aliphatic carbocycles. The van der Waals surface area contributed by atoms with E-state index in [4.69, 9.17) is 18.5 Å². The first-order valence-corrected chi connectivity index (χ1v) is 33.7. The van der Waals surface area contributed by atoms with Gasteiger partial charge in [-0.25, -0.2) is 0 Å². The Kier molecular flexibility index (Phi) is 55.0. The van der Waals surface area contributed by atoms with Gasteiger partial charge in [-0.3, -0.25) is 14.2 Å². The predicted octanol–water partition coefficient (Wildman–Crippen LogP) is 19.6. The van der Waals surface area contributed by atoms with Crippen LogP contribution in [0.4, 0.5) is 0 Å². The summed E-state index contributed by atoms with van der Waals surface area (Å²) in [6.07, 6.45) is 64.6. The quantitative estimate of drug-likeness (QED) is 0.0256. The molecule has 0 saturated carbocycles. The third kappa shape index (κ3) is 60.1. The van der Waals surface area contributed by atoms with E-state index in [9.17, 15) is 19.0 Å². The summed E-state index contributed by atoms with van der Waals surface area (Å²) in [7, 11) is 1.19. The van der Waals surface area contributed by atoms with Crippen LogP contribution < -0.4 is 4.89 Å². The fraction of sp³-hybridized carbons (Fsp3) is 0.968. The average Bonchev–Trinajstić information content (AvgIpc) is 3.35. The van der Waals surface area contributed by atoms with Gasteiger partial charge >= 0.3 is 11.9 Å². The number of carbonyl (C=O) groups is 2. The molecule has 2 atom stereocenters. The Bertz CT molecular complexity index is 1200. The SMILES string of the molecule is CCCCCCCCCCCCCCCCCCCCCCCCCCCCCCCCCC(=O)OC(COC(=O)CCCCCCCCCCCCCCCCCCCC)COP(=O)([O-])OCC[N+](C)(C)C. The van der Waals surface area contributed by atoms with Gasteiger partial charge in [0.25, 0.3) is 7.82 Å². The van der Waals surface area contributed by atoms with E-state index >= 15 is 0 Å². The van der Waals surface area contributed by atoms with Crippen molar-refractivity contribution in [2.45, 2.75) is 347 Å². The maximum absolute atomic E-state index is 12.8. The second-order valence-electron chi connectivity index (χ2n) is 23.5. The highest BCUT2D eigenvalue weighted by atomic mass is 31.2. The molecule has 0 saturated heterocycles. The molecule has 0 N–H and O–H groups in total. The molecule has 73 heavy (non-hydrogen) atoms. The van der Waals surface area contributed by atoms with Crippen LogP contribution in [0.25, 0.3) is 0 Å². The van der Waals surface area contributed by atoms with Gasteiger partial charge in [0.05, 0.1) is 27.7 Å². The van der Waals surface area contributed by atoms with Gasteiger partial charge in [-0.05, 0) is 12.8 Å². The van der Waals surface area contributed by atoms with E-state index in [1.165, 1.54) is 276 Å². The maximum Gasteiger partial charge on any atom is 0.306 e. The van der Waals surface area contributed by atoms with Crippen molar-refractivity contribution < 1.29 is 42.1 Å². The number of ether oxygens (including phenoxy) is 2. The van der Waals surface area contributed by atoms with Crippen molar-refractivity contribution in [3.8, 4) is 0 Å². The fourth-order valence-electron chi connectivity index (χ4n) is 9.90. The van der Waals surface area contributed by atoms with Crippen LogP contribution in [0.15, 0.2) is 0 Å². The number of hydrogen-bond donors (Lipinski definition) is 0. The highest BCUT2D eigenvalue weighted by Crippen LogP contribution is 2.38. The summed E-state index contributed by atoms with van der Waals surface area (Å²) in [4.78, 5) is 37.9. The molecule has 9 nitrogen and oxygen atoms in total. The summed E-state index contributed by atoms with van der Waals surface area (Å²) in [5.41, 5.74) is 0. The zero-order chi connectivity index (χ0) is 53.5. The summed E-state index contributed by atoms with van der Waals surface area (Å²) < 4.78 is 34.2. The van der Waals surface area contributed by atoms with Crippen molar-refractivity contribution in [2.24, 2.45) is 0 Å². The summed E-state index contributed by atoms with van der Waals surface area (Å²) in [5.74, 6) is -0.807. The normalized spacial score (nSPS) is 13.1. The van der Waals surface area contributed by atoms with Crippen molar-refractivity contribution in [2.75, 3.05) is 47.5 Å². The smallest absolute Gasteiger partial charge is 0.306 e. The minimum absolute atomic E-state index is 0.0250. The second-order valence-corrected chi connectivity index (χ2v) is 24.9. The molecule has 0 aliphatic heterocycles. The fourth-order valence-corrected chi connectivity index (χ4v) is 10.6. The van der Waals surface area contributed by atoms with Gasteiger partial charge in [0, 0.05) is 12.8 Å². The van der Waals surface area contributed by atoms with Crippen molar-refractivity contribution in [3.05, 3.63) is 0 Å². The monoisotopic (exact) mass is 1060 g/mol. The van der Waals surface area contributed by atoms with Crippen LogP contribution in [-0.2, 0) is 32.7 Å². The Morgan fingerprint density at radius 1 is 0.370 bits per heavy atom. The van der Waals surface area contributed by atoms with Crippen LogP contribution >= 0.6 is 7.82 Å². The second kappa shape index (κ2) is 55.8. The minimum atomic E-state index is -4.63. The first-order valence-electron chi connectivity index (χ1n) is 32.2. The number of unbranched alkanes of at least 4 members (excludes halogenated alkanes) is 47. The van der Waals surface area contributed by atoms with E-state index in [1.54, 1.807) is 0 Å². The summed E-state index contributed by atoms with van der Waals surface area (Å²) in [5, 5.41) is 0. The molecule has 0 aromatic carbocycles. The lowest BCUT2D eigenvalue weighted by Gasteiger charge is -2.28. The van der Waals surface area contributed by atoms with Crippen LogP contribution in [0.1, 0.15) is 341 Å². The minimum Gasteiger partial charge on any atom is -0.756 e. The lowest BCUT2D eigenvalue weighted by Crippen LogP contribution is -2.37. The summed E-state index contributed by atoms with van der Waals surface area (Å²) >= 11 is 0. The van der Waals surface area contributed by atoms with E-state index in [0.717, 1.165) is 32.1 Å². The molecule has 2 unspecified atom stereocenters. The van der Waals surface area contributed by atoms with Gasteiger partial charge in [0.1, 0.15) is 19.8 Å². The van der Waals surface area contributed by atoms with Crippen molar-refractivity contribution >= 4 is 19.8 Å². The van der Waals surface area contributed by atoms with Crippen LogP contribution in [0, 0.1) is 0 Å². The predicted molar refractivity (Wildman–Crippen MR) is 310 cm³/mol. The van der Waals surface area contributed by atoms with E-state index in [0.29, 0.717) is 17.4 Å². The average molecular weight is 1060 g/mol. The number of phosphoric acid groups is 1. The van der Waals surface area contributed by atoms with Crippen molar-refractivity contribution in [1.82, 2.24) is 0 Å². The van der Waals surface area contributed by atoms with Crippen molar-refractivity contribution in [1.29, 1.82) is 0 Å². The number of esters is 2. The summed E-state index contributed by atoms with van der Waals surface area (Å²) in [6.45, 7) is 4.32. The topological polar surface area (TPSA) is 111 Å². The number of carbonyl (C=O) groups excluding carboxylic acids is 2. The third-order valence-electron chi connectivity index (χ3n) is 14.9. The van der Waals surface area contributed by atoms with Crippen LogP contribution in [0.3, 0.4) is 0 Å². The molecule has 0 amide bonds. The number of hydrogen-bond acceptors (Lipinski definition) is 8. The van der Waals surface area contributed by atoms with Gasteiger partial charge in [-0.2, -0.15) is 0 Å². The van der Waals surface area contributed by atoms with Crippen LogP contribution in [-0.4, -0.2) is 70.0 Å². The Hall–Kier alpha value is -0.990.